The summed E-state index contributed by atoms with van der Waals surface area (Å²) in [5.41, 5.74) is 8.58. The molecule has 0 spiro atoms. The summed E-state index contributed by atoms with van der Waals surface area (Å²) in [6, 6.07) is 18.8. The van der Waals surface area contributed by atoms with Crippen molar-refractivity contribution in [1.29, 1.82) is 0 Å². The minimum atomic E-state index is -0.0529. The van der Waals surface area contributed by atoms with Crippen LogP contribution in [0.1, 0.15) is 24.0 Å². The highest BCUT2D eigenvalue weighted by molar-refractivity contribution is 5.31. The Kier molecular flexibility index (Phi) is 3.26. The number of rotatable bonds is 5. The molecule has 2 aromatic rings. The van der Waals surface area contributed by atoms with Crippen LogP contribution in [0.3, 0.4) is 0 Å². The summed E-state index contributed by atoms with van der Waals surface area (Å²) >= 11 is 0. The van der Waals surface area contributed by atoms with Gasteiger partial charge < -0.3 is 10.5 Å². The predicted octanol–water partition coefficient (Wildman–Crippen LogP) is 3.15. The molecule has 0 atom stereocenters. The molecular weight excluding hydrogens is 234 g/mol. The minimum Gasteiger partial charge on any atom is -0.492 e. The van der Waals surface area contributed by atoms with Crippen LogP contribution in [0.25, 0.3) is 0 Å². The SMILES string of the molecule is NC1(COc2ccc(Cc3ccccc3)cc2)CC1. The van der Waals surface area contributed by atoms with E-state index in [9.17, 15) is 0 Å². The highest BCUT2D eigenvalue weighted by atomic mass is 16.5. The molecule has 0 aromatic heterocycles. The van der Waals surface area contributed by atoms with E-state index in [2.05, 4.69) is 36.4 Å². The topological polar surface area (TPSA) is 35.2 Å². The van der Waals surface area contributed by atoms with Gasteiger partial charge in [-0.3, -0.25) is 0 Å². The summed E-state index contributed by atoms with van der Waals surface area (Å²) < 4.78 is 5.71. The van der Waals surface area contributed by atoms with Crippen LogP contribution < -0.4 is 10.5 Å². The van der Waals surface area contributed by atoms with Crippen LogP contribution in [0.4, 0.5) is 0 Å². The van der Waals surface area contributed by atoms with E-state index in [0.29, 0.717) is 6.61 Å². The molecule has 0 saturated heterocycles. The maximum Gasteiger partial charge on any atom is 0.119 e. The lowest BCUT2D eigenvalue weighted by Gasteiger charge is -2.11. The lowest BCUT2D eigenvalue weighted by atomic mass is 10.1. The van der Waals surface area contributed by atoms with Gasteiger partial charge >= 0.3 is 0 Å². The summed E-state index contributed by atoms with van der Waals surface area (Å²) in [6.07, 6.45) is 3.13. The van der Waals surface area contributed by atoms with Gasteiger partial charge in [0.25, 0.3) is 0 Å². The van der Waals surface area contributed by atoms with Gasteiger partial charge in [-0.1, -0.05) is 42.5 Å². The van der Waals surface area contributed by atoms with Crippen LogP contribution in [-0.4, -0.2) is 12.1 Å². The monoisotopic (exact) mass is 253 g/mol. The first-order chi connectivity index (χ1) is 9.23. The molecule has 98 valence electrons. The molecule has 0 aliphatic heterocycles. The van der Waals surface area contributed by atoms with Gasteiger partial charge in [-0.05, 0) is 42.5 Å². The number of hydrogen-bond donors (Lipinski definition) is 1. The largest absolute Gasteiger partial charge is 0.492 e. The Bertz CT molecular complexity index is 529. The molecule has 0 amide bonds. The van der Waals surface area contributed by atoms with Gasteiger partial charge in [0, 0.05) is 0 Å². The number of benzene rings is 2. The van der Waals surface area contributed by atoms with Crippen LogP contribution in [-0.2, 0) is 6.42 Å². The fourth-order valence-electron chi connectivity index (χ4n) is 2.07. The molecule has 0 heterocycles. The van der Waals surface area contributed by atoms with E-state index in [1.54, 1.807) is 0 Å². The van der Waals surface area contributed by atoms with Gasteiger partial charge in [0.05, 0.1) is 5.54 Å². The molecule has 2 heteroatoms. The van der Waals surface area contributed by atoms with E-state index < -0.39 is 0 Å². The Morgan fingerprint density at radius 2 is 1.53 bits per heavy atom. The van der Waals surface area contributed by atoms with Crippen LogP contribution in [0, 0.1) is 0 Å². The fourth-order valence-corrected chi connectivity index (χ4v) is 2.07. The Labute approximate surface area is 114 Å². The summed E-state index contributed by atoms with van der Waals surface area (Å²) in [7, 11) is 0. The molecule has 2 aromatic carbocycles. The summed E-state index contributed by atoms with van der Waals surface area (Å²) in [6.45, 7) is 0.630. The van der Waals surface area contributed by atoms with Crippen LogP contribution >= 0.6 is 0 Å². The zero-order valence-electron chi connectivity index (χ0n) is 11.0. The lowest BCUT2D eigenvalue weighted by molar-refractivity contribution is 0.279. The van der Waals surface area contributed by atoms with Gasteiger partial charge in [0.2, 0.25) is 0 Å². The second kappa shape index (κ2) is 5.06. The molecule has 0 radical (unpaired) electrons. The first-order valence-corrected chi connectivity index (χ1v) is 6.78. The van der Waals surface area contributed by atoms with Crippen molar-refractivity contribution in [3.63, 3.8) is 0 Å². The Hall–Kier alpha value is -1.80. The first-order valence-electron chi connectivity index (χ1n) is 6.78. The van der Waals surface area contributed by atoms with Crippen molar-refractivity contribution in [2.24, 2.45) is 5.73 Å². The molecule has 19 heavy (non-hydrogen) atoms. The van der Waals surface area contributed by atoms with Gasteiger partial charge in [0.15, 0.2) is 0 Å². The first kappa shape index (κ1) is 12.2. The van der Waals surface area contributed by atoms with Crippen molar-refractivity contribution in [1.82, 2.24) is 0 Å². The maximum absolute atomic E-state index is 6.00. The van der Waals surface area contributed by atoms with E-state index in [1.165, 1.54) is 11.1 Å². The molecule has 0 bridgehead atoms. The van der Waals surface area contributed by atoms with E-state index in [1.807, 2.05) is 18.2 Å². The van der Waals surface area contributed by atoms with Crippen LogP contribution in [0.2, 0.25) is 0 Å². The third-order valence-electron chi connectivity index (χ3n) is 3.59. The van der Waals surface area contributed by atoms with Crippen molar-refractivity contribution < 1.29 is 4.74 Å². The molecule has 2 nitrogen and oxygen atoms in total. The predicted molar refractivity (Wildman–Crippen MR) is 77.3 cm³/mol. The zero-order chi connectivity index (χ0) is 13.1. The maximum atomic E-state index is 6.00. The quantitative estimate of drug-likeness (QED) is 0.888. The molecule has 0 unspecified atom stereocenters. The highest BCUT2D eigenvalue weighted by Gasteiger charge is 2.39. The Morgan fingerprint density at radius 1 is 0.895 bits per heavy atom. The summed E-state index contributed by atoms with van der Waals surface area (Å²) in [4.78, 5) is 0. The number of ether oxygens (including phenoxy) is 1. The van der Waals surface area contributed by atoms with Crippen molar-refractivity contribution >= 4 is 0 Å². The van der Waals surface area contributed by atoms with Gasteiger partial charge in [-0.2, -0.15) is 0 Å². The second-order valence-electron chi connectivity index (χ2n) is 5.46. The number of nitrogens with two attached hydrogens (primary N) is 1. The van der Waals surface area contributed by atoms with E-state index in [0.717, 1.165) is 25.0 Å². The minimum absolute atomic E-state index is 0.0529. The average molecular weight is 253 g/mol. The van der Waals surface area contributed by atoms with E-state index in [-0.39, 0.29) is 5.54 Å². The standard InChI is InChI=1S/C17H19NO/c18-17(10-11-17)13-19-16-8-6-15(7-9-16)12-14-4-2-1-3-5-14/h1-9H,10-13,18H2. The van der Waals surface area contributed by atoms with E-state index >= 15 is 0 Å². The molecule has 1 aliphatic rings. The lowest BCUT2D eigenvalue weighted by Crippen LogP contribution is -2.29. The number of hydrogen-bond acceptors (Lipinski definition) is 2. The van der Waals surface area contributed by atoms with Crippen LogP contribution in [0.5, 0.6) is 5.75 Å². The molecular formula is C17H19NO. The van der Waals surface area contributed by atoms with Gasteiger partial charge in [0.1, 0.15) is 12.4 Å². The van der Waals surface area contributed by atoms with Crippen molar-refractivity contribution in [2.45, 2.75) is 24.8 Å². The smallest absolute Gasteiger partial charge is 0.119 e. The fraction of sp³-hybridized carbons (Fsp3) is 0.294. The molecule has 3 rings (SSSR count). The molecule has 1 aliphatic carbocycles. The van der Waals surface area contributed by atoms with Gasteiger partial charge in [-0.25, -0.2) is 0 Å². The third kappa shape index (κ3) is 3.36. The summed E-state index contributed by atoms with van der Waals surface area (Å²) in [5.74, 6) is 0.911. The van der Waals surface area contributed by atoms with Crippen molar-refractivity contribution in [3.05, 3.63) is 65.7 Å². The van der Waals surface area contributed by atoms with Crippen molar-refractivity contribution in [3.8, 4) is 5.75 Å². The molecule has 2 N–H and O–H groups in total. The van der Waals surface area contributed by atoms with Crippen LogP contribution in [0.15, 0.2) is 54.6 Å². The zero-order valence-corrected chi connectivity index (χ0v) is 11.0. The Balaban J connectivity index is 1.59. The second-order valence-corrected chi connectivity index (χ2v) is 5.46. The Morgan fingerprint density at radius 3 is 2.16 bits per heavy atom. The average Bonchev–Trinajstić information content (AvgIpc) is 3.18. The summed E-state index contributed by atoms with van der Waals surface area (Å²) in [5, 5.41) is 0. The normalized spacial score (nSPS) is 16.1. The van der Waals surface area contributed by atoms with Gasteiger partial charge in [-0.15, -0.1) is 0 Å². The third-order valence-corrected chi connectivity index (χ3v) is 3.59. The highest BCUT2D eigenvalue weighted by Crippen LogP contribution is 2.32. The molecule has 1 saturated carbocycles. The molecule has 1 fully saturated rings. The van der Waals surface area contributed by atoms with E-state index in [4.69, 9.17) is 10.5 Å². The van der Waals surface area contributed by atoms with Crippen molar-refractivity contribution in [2.75, 3.05) is 6.61 Å².